The van der Waals surface area contributed by atoms with Crippen LogP contribution in [0, 0.1) is 17.2 Å². The lowest BCUT2D eigenvalue weighted by Gasteiger charge is -2.30. The van der Waals surface area contributed by atoms with E-state index in [9.17, 15) is 13.2 Å². The SMILES string of the molecule is CC1C=C(c2nc3c(c(NCCNc4ccc(C#N)cn4)n2)CCN(Cc2ccccc2)C3)C(C(F)(F)F)=CC1. The molecule has 5 rings (SSSR count). The number of alkyl halides is 3. The van der Waals surface area contributed by atoms with Gasteiger partial charge in [-0.15, -0.1) is 0 Å². The van der Waals surface area contributed by atoms with Crippen molar-refractivity contribution in [3.8, 4) is 6.07 Å². The van der Waals surface area contributed by atoms with Gasteiger partial charge in [0.25, 0.3) is 0 Å². The van der Waals surface area contributed by atoms with E-state index in [1.54, 1.807) is 18.2 Å². The lowest BCUT2D eigenvalue weighted by Crippen LogP contribution is -2.32. The van der Waals surface area contributed by atoms with Crippen LogP contribution in [0.1, 0.15) is 41.6 Å². The van der Waals surface area contributed by atoms with Gasteiger partial charge in [-0.25, -0.2) is 15.0 Å². The number of pyridine rings is 1. The molecule has 0 fully saturated rings. The summed E-state index contributed by atoms with van der Waals surface area (Å²) in [4.78, 5) is 15.8. The highest BCUT2D eigenvalue weighted by atomic mass is 19.4. The molecule has 10 heteroatoms. The van der Waals surface area contributed by atoms with Crippen molar-refractivity contribution < 1.29 is 13.2 Å². The molecule has 2 N–H and O–H groups in total. The van der Waals surface area contributed by atoms with E-state index < -0.39 is 11.7 Å². The zero-order chi connectivity index (χ0) is 28.1. The fourth-order valence-electron chi connectivity index (χ4n) is 4.98. The normalized spacial score (nSPS) is 17.3. The summed E-state index contributed by atoms with van der Waals surface area (Å²) in [5, 5.41) is 15.5. The topological polar surface area (TPSA) is 89.8 Å². The molecule has 1 aromatic carbocycles. The Morgan fingerprint density at radius 1 is 1.07 bits per heavy atom. The third-order valence-corrected chi connectivity index (χ3v) is 6.99. The molecule has 2 aromatic heterocycles. The van der Waals surface area contributed by atoms with Crippen molar-refractivity contribution >= 4 is 17.2 Å². The average molecular weight is 546 g/mol. The standard InChI is InChI=1S/C30H30F3N7/c1-20-7-9-25(30(31,32)33)24(15-20)29-38-26-19-40(18-21-5-3-2-4-6-21)14-11-23(26)28(39-29)36-13-12-35-27-10-8-22(16-34)17-37-27/h2-6,8-10,15,17,20H,7,11-14,18-19H2,1H3,(H,35,37)(H,36,38,39). The molecule has 0 saturated heterocycles. The van der Waals surface area contributed by atoms with Crippen LogP contribution in [-0.4, -0.2) is 45.7 Å². The molecule has 3 heterocycles. The molecule has 0 radical (unpaired) electrons. The second-order valence-electron chi connectivity index (χ2n) is 10.1. The van der Waals surface area contributed by atoms with Crippen LogP contribution in [-0.2, 0) is 19.5 Å². The number of nitriles is 1. The highest BCUT2D eigenvalue weighted by molar-refractivity contribution is 5.78. The Morgan fingerprint density at radius 2 is 1.88 bits per heavy atom. The highest BCUT2D eigenvalue weighted by Crippen LogP contribution is 2.40. The molecule has 0 bridgehead atoms. The fourth-order valence-corrected chi connectivity index (χ4v) is 4.98. The molecule has 1 unspecified atom stereocenters. The summed E-state index contributed by atoms with van der Waals surface area (Å²) in [5.41, 5.74) is 2.69. The van der Waals surface area contributed by atoms with Crippen LogP contribution in [0.4, 0.5) is 24.8 Å². The maximum absolute atomic E-state index is 14.0. The number of nitrogens with one attached hydrogen (secondary N) is 2. The van der Waals surface area contributed by atoms with Gasteiger partial charge in [0.2, 0.25) is 0 Å². The Bertz CT molecular complexity index is 1440. The number of fused-ring (bicyclic) bond motifs is 1. The van der Waals surface area contributed by atoms with Crippen LogP contribution in [0.25, 0.3) is 5.57 Å². The van der Waals surface area contributed by atoms with E-state index in [-0.39, 0.29) is 17.3 Å². The van der Waals surface area contributed by atoms with Crippen molar-refractivity contribution in [1.29, 1.82) is 5.26 Å². The Kier molecular flexibility index (Phi) is 8.12. The number of aromatic nitrogens is 3. The van der Waals surface area contributed by atoms with Crippen molar-refractivity contribution in [3.05, 3.63) is 94.6 Å². The number of nitrogens with zero attached hydrogens (tertiary/aromatic N) is 5. The van der Waals surface area contributed by atoms with Crippen molar-refractivity contribution in [2.45, 2.75) is 39.0 Å². The Labute approximate surface area is 231 Å². The Balaban J connectivity index is 1.40. The van der Waals surface area contributed by atoms with E-state index in [0.717, 1.165) is 24.3 Å². The van der Waals surface area contributed by atoms with Crippen LogP contribution < -0.4 is 10.6 Å². The van der Waals surface area contributed by atoms with Crippen LogP contribution in [0.5, 0.6) is 0 Å². The fraction of sp³-hybridized carbons (Fsp3) is 0.333. The highest BCUT2D eigenvalue weighted by Gasteiger charge is 2.39. The molecule has 1 atom stereocenters. The molecule has 40 heavy (non-hydrogen) atoms. The summed E-state index contributed by atoms with van der Waals surface area (Å²) < 4.78 is 42.0. The van der Waals surface area contributed by atoms with Gasteiger partial charge in [0.1, 0.15) is 17.7 Å². The Morgan fingerprint density at radius 3 is 2.60 bits per heavy atom. The third kappa shape index (κ3) is 6.49. The average Bonchev–Trinajstić information content (AvgIpc) is 2.95. The number of halogens is 3. The quantitative estimate of drug-likeness (QED) is 0.349. The zero-order valence-corrected chi connectivity index (χ0v) is 22.2. The summed E-state index contributed by atoms with van der Waals surface area (Å²) in [6.07, 6.45) is 0.912. The van der Waals surface area contributed by atoms with E-state index in [2.05, 4.69) is 37.6 Å². The molecule has 0 spiro atoms. The van der Waals surface area contributed by atoms with Gasteiger partial charge in [-0.3, -0.25) is 4.90 Å². The first kappa shape index (κ1) is 27.3. The molecule has 1 aliphatic carbocycles. The number of anilines is 2. The lowest BCUT2D eigenvalue weighted by atomic mass is 9.90. The number of benzene rings is 1. The molecular weight excluding hydrogens is 515 g/mol. The van der Waals surface area contributed by atoms with Crippen molar-refractivity contribution in [2.24, 2.45) is 5.92 Å². The van der Waals surface area contributed by atoms with Crippen molar-refractivity contribution in [2.75, 3.05) is 30.3 Å². The smallest absolute Gasteiger partial charge is 0.368 e. The number of allylic oxidation sites excluding steroid dienone is 4. The van der Waals surface area contributed by atoms with Crippen LogP contribution >= 0.6 is 0 Å². The molecule has 7 nitrogen and oxygen atoms in total. The van der Waals surface area contributed by atoms with Gasteiger partial charge < -0.3 is 10.6 Å². The first-order valence-corrected chi connectivity index (χ1v) is 13.3. The van der Waals surface area contributed by atoms with Gasteiger partial charge >= 0.3 is 6.18 Å². The monoisotopic (exact) mass is 545 g/mol. The minimum absolute atomic E-state index is 0.0391. The largest absolute Gasteiger partial charge is 0.416 e. The summed E-state index contributed by atoms with van der Waals surface area (Å²) in [5.74, 6) is 1.24. The van der Waals surface area contributed by atoms with Gasteiger partial charge in [-0.1, -0.05) is 49.4 Å². The van der Waals surface area contributed by atoms with Gasteiger partial charge in [-0.2, -0.15) is 18.4 Å². The number of rotatable bonds is 8. The Hall–Kier alpha value is -4.23. The minimum atomic E-state index is -4.49. The van der Waals surface area contributed by atoms with Gasteiger partial charge in [0.05, 0.1) is 16.8 Å². The third-order valence-electron chi connectivity index (χ3n) is 6.99. The number of hydrogen-bond acceptors (Lipinski definition) is 7. The van der Waals surface area contributed by atoms with Crippen LogP contribution in [0.2, 0.25) is 0 Å². The molecule has 206 valence electrons. The maximum atomic E-state index is 14.0. The number of hydrogen-bond donors (Lipinski definition) is 2. The van der Waals surface area contributed by atoms with Gasteiger partial charge in [0, 0.05) is 50.1 Å². The van der Waals surface area contributed by atoms with Gasteiger partial charge in [-0.05, 0) is 36.5 Å². The van der Waals surface area contributed by atoms with E-state index in [1.807, 2.05) is 31.2 Å². The van der Waals surface area contributed by atoms with E-state index in [0.29, 0.717) is 49.7 Å². The minimum Gasteiger partial charge on any atom is -0.368 e. The van der Waals surface area contributed by atoms with Crippen LogP contribution in [0.3, 0.4) is 0 Å². The first-order valence-electron chi connectivity index (χ1n) is 13.3. The predicted octanol–water partition coefficient (Wildman–Crippen LogP) is 5.74. The van der Waals surface area contributed by atoms with Crippen molar-refractivity contribution in [3.63, 3.8) is 0 Å². The molecule has 2 aliphatic rings. The maximum Gasteiger partial charge on any atom is 0.416 e. The van der Waals surface area contributed by atoms with E-state index >= 15 is 0 Å². The van der Waals surface area contributed by atoms with Gasteiger partial charge in [0.15, 0.2) is 5.82 Å². The molecule has 0 amide bonds. The first-order chi connectivity index (χ1) is 19.3. The molecule has 3 aromatic rings. The van der Waals surface area contributed by atoms with E-state index in [4.69, 9.17) is 10.2 Å². The predicted molar refractivity (Wildman–Crippen MR) is 148 cm³/mol. The van der Waals surface area contributed by atoms with Crippen molar-refractivity contribution in [1.82, 2.24) is 19.9 Å². The lowest BCUT2D eigenvalue weighted by molar-refractivity contribution is -0.0876. The molecular formula is C30H30F3N7. The summed E-state index contributed by atoms with van der Waals surface area (Å²) in [6.45, 7) is 4.91. The van der Waals surface area contributed by atoms with Crippen LogP contribution in [0.15, 0.2) is 66.4 Å². The molecule has 1 aliphatic heterocycles. The zero-order valence-electron chi connectivity index (χ0n) is 22.2. The second-order valence-corrected chi connectivity index (χ2v) is 10.1. The summed E-state index contributed by atoms with van der Waals surface area (Å²) >= 11 is 0. The summed E-state index contributed by atoms with van der Waals surface area (Å²) in [6, 6.07) is 15.6. The summed E-state index contributed by atoms with van der Waals surface area (Å²) in [7, 11) is 0. The second kappa shape index (κ2) is 11.9. The molecule has 0 saturated carbocycles. The van der Waals surface area contributed by atoms with E-state index in [1.165, 1.54) is 17.8 Å².